The minimum Gasteiger partial charge on any atom is -0.206 e. The molecule has 2 heteroatoms. The van der Waals surface area contributed by atoms with Gasteiger partial charge in [-0.25, -0.2) is 4.39 Å². The van der Waals surface area contributed by atoms with E-state index in [9.17, 15) is 4.39 Å². The lowest BCUT2D eigenvalue weighted by Crippen LogP contribution is -2.34. The van der Waals surface area contributed by atoms with Crippen molar-refractivity contribution in [1.82, 2.24) is 0 Å². The van der Waals surface area contributed by atoms with Gasteiger partial charge < -0.3 is 0 Å². The highest BCUT2D eigenvalue weighted by atomic mass is 19.1. The van der Waals surface area contributed by atoms with Crippen molar-refractivity contribution in [3.63, 3.8) is 0 Å². The molecule has 1 nitrogen and oxygen atoms in total. The van der Waals surface area contributed by atoms with Crippen molar-refractivity contribution < 1.29 is 4.39 Å². The highest BCUT2D eigenvalue weighted by Gasteiger charge is 2.39. The van der Waals surface area contributed by atoms with Crippen LogP contribution >= 0.6 is 0 Å². The molecule has 0 heterocycles. The average Bonchev–Trinajstić information content (AvgIpc) is 2.77. The summed E-state index contributed by atoms with van der Waals surface area (Å²) < 4.78 is 14.1. The van der Waals surface area contributed by atoms with Crippen LogP contribution in [0.3, 0.4) is 0 Å². The predicted octanol–water partition coefficient (Wildman–Crippen LogP) is 7.99. The normalized spacial score (nSPS) is 34.9. The maximum absolute atomic E-state index is 14.1. The third kappa shape index (κ3) is 4.87. The first-order chi connectivity index (χ1) is 14.2. The van der Waals surface area contributed by atoms with E-state index in [1.54, 1.807) is 12.1 Å². The van der Waals surface area contributed by atoms with Gasteiger partial charge in [0.1, 0.15) is 11.9 Å². The van der Waals surface area contributed by atoms with Gasteiger partial charge in [-0.3, -0.25) is 0 Å². The number of unbranched alkanes of at least 4 members (excludes halogenated alkanes) is 1. The number of fused-ring (bicyclic) bond motifs is 1. The maximum atomic E-state index is 14.1. The molecule has 3 fully saturated rings. The Morgan fingerprint density at radius 3 is 2.24 bits per heavy atom. The van der Waals surface area contributed by atoms with Crippen LogP contribution in [0.15, 0.2) is 18.2 Å². The lowest BCUT2D eigenvalue weighted by atomic mass is 9.60. The summed E-state index contributed by atoms with van der Waals surface area (Å²) in [5.41, 5.74) is 1.29. The standard InChI is InChI=1S/C27H38FN/c1-2-3-4-19-5-7-20(8-6-19)21-9-10-23-16-24(12-11-22(23)15-21)25-13-14-26(18-29)27(28)17-25/h13-14,17,19-24H,2-12,15-16H2,1H3. The van der Waals surface area contributed by atoms with Crippen molar-refractivity contribution in [2.24, 2.45) is 29.6 Å². The van der Waals surface area contributed by atoms with Gasteiger partial charge in [0.05, 0.1) is 5.56 Å². The fraction of sp³-hybridized carbons (Fsp3) is 0.741. The summed E-state index contributed by atoms with van der Waals surface area (Å²) in [6, 6.07) is 7.24. The van der Waals surface area contributed by atoms with Crippen LogP contribution in [-0.2, 0) is 0 Å². The zero-order chi connectivity index (χ0) is 20.2. The van der Waals surface area contributed by atoms with Crippen LogP contribution < -0.4 is 0 Å². The zero-order valence-corrected chi connectivity index (χ0v) is 18.2. The van der Waals surface area contributed by atoms with Gasteiger partial charge in [-0.15, -0.1) is 0 Å². The first-order valence-electron chi connectivity index (χ1n) is 12.4. The van der Waals surface area contributed by atoms with Gasteiger partial charge in [0.15, 0.2) is 0 Å². The van der Waals surface area contributed by atoms with E-state index in [1.165, 1.54) is 83.5 Å². The average molecular weight is 396 g/mol. The molecular weight excluding hydrogens is 357 g/mol. The molecule has 0 amide bonds. The Morgan fingerprint density at radius 2 is 1.55 bits per heavy atom. The monoisotopic (exact) mass is 395 g/mol. The van der Waals surface area contributed by atoms with Gasteiger partial charge in [-0.05, 0) is 105 Å². The smallest absolute Gasteiger partial charge is 0.141 e. The molecule has 3 aliphatic carbocycles. The van der Waals surface area contributed by atoms with Crippen LogP contribution in [0.4, 0.5) is 4.39 Å². The summed E-state index contributed by atoms with van der Waals surface area (Å²) in [6.45, 7) is 2.32. The van der Waals surface area contributed by atoms with Crippen LogP contribution in [0.25, 0.3) is 0 Å². The quantitative estimate of drug-likeness (QED) is 0.495. The molecule has 4 unspecified atom stereocenters. The Balaban J connectivity index is 1.29. The lowest BCUT2D eigenvalue weighted by molar-refractivity contribution is 0.0710. The zero-order valence-electron chi connectivity index (χ0n) is 18.2. The summed E-state index contributed by atoms with van der Waals surface area (Å²) in [7, 11) is 0. The molecule has 4 rings (SSSR count). The van der Waals surface area contributed by atoms with E-state index in [4.69, 9.17) is 5.26 Å². The maximum Gasteiger partial charge on any atom is 0.141 e. The van der Waals surface area contributed by atoms with Crippen molar-refractivity contribution in [2.75, 3.05) is 0 Å². The highest BCUT2D eigenvalue weighted by molar-refractivity contribution is 5.35. The van der Waals surface area contributed by atoms with Crippen LogP contribution in [0.2, 0.25) is 0 Å². The molecule has 4 atom stereocenters. The number of halogens is 1. The van der Waals surface area contributed by atoms with Crippen LogP contribution in [0, 0.1) is 46.7 Å². The van der Waals surface area contributed by atoms with Crippen molar-refractivity contribution in [3.05, 3.63) is 35.1 Å². The number of rotatable bonds is 5. The van der Waals surface area contributed by atoms with Crippen LogP contribution in [0.5, 0.6) is 0 Å². The van der Waals surface area contributed by atoms with E-state index in [0.717, 1.165) is 35.2 Å². The second-order valence-corrected chi connectivity index (χ2v) is 10.4. The van der Waals surface area contributed by atoms with E-state index in [2.05, 4.69) is 6.92 Å². The molecule has 3 aliphatic rings. The molecule has 1 aromatic carbocycles. The minimum atomic E-state index is -0.342. The molecule has 0 N–H and O–H groups in total. The Kier molecular flexibility index (Phi) is 6.94. The van der Waals surface area contributed by atoms with Crippen LogP contribution in [0.1, 0.15) is 107 Å². The summed E-state index contributed by atoms with van der Waals surface area (Å²) in [6.07, 6.45) is 18.2. The molecule has 0 aliphatic heterocycles. The van der Waals surface area contributed by atoms with Gasteiger partial charge in [-0.2, -0.15) is 5.26 Å². The van der Waals surface area contributed by atoms with Crippen molar-refractivity contribution in [1.29, 1.82) is 5.26 Å². The highest BCUT2D eigenvalue weighted by Crippen LogP contribution is 2.51. The van der Waals surface area contributed by atoms with E-state index < -0.39 is 0 Å². The van der Waals surface area contributed by atoms with Crippen molar-refractivity contribution in [2.45, 2.75) is 96.3 Å². The van der Waals surface area contributed by atoms with Crippen LogP contribution in [-0.4, -0.2) is 0 Å². The fourth-order valence-electron chi connectivity index (χ4n) is 6.97. The molecule has 29 heavy (non-hydrogen) atoms. The second-order valence-electron chi connectivity index (χ2n) is 10.4. The van der Waals surface area contributed by atoms with Gasteiger partial charge in [0, 0.05) is 0 Å². The van der Waals surface area contributed by atoms with Gasteiger partial charge in [0.2, 0.25) is 0 Å². The molecular formula is C27H38FN. The second kappa shape index (κ2) is 9.63. The van der Waals surface area contributed by atoms with E-state index in [1.807, 2.05) is 12.1 Å². The topological polar surface area (TPSA) is 23.8 Å². The Morgan fingerprint density at radius 1 is 0.897 bits per heavy atom. The summed E-state index contributed by atoms with van der Waals surface area (Å²) in [5.74, 6) is 4.89. The molecule has 0 bridgehead atoms. The van der Waals surface area contributed by atoms with Crippen molar-refractivity contribution >= 4 is 0 Å². The SMILES string of the molecule is CCCCC1CCC(C2CCC3CC(c4ccc(C#N)c(F)c4)CCC3C2)CC1. The van der Waals surface area contributed by atoms with E-state index in [-0.39, 0.29) is 11.4 Å². The predicted molar refractivity (Wildman–Crippen MR) is 117 cm³/mol. The summed E-state index contributed by atoms with van der Waals surface area (Å²) in [4.78, 5) is 0. The number of hydrogen-bond donors (Lipinski definition) is 0. The molecule has 158 valence electrons. The third-order valence-corrected chi connectivity index (χ3v) is 8.76. The van der Waals surface area contributed by atoms with Gasteiger partial charge in [-0.1, -0.05) is 45.1 Å². The first-order valence-corrected chi connectivity index (χ1v) is 12.4. The molecule has 0 aromatic heterocycles. The number of benzene rings is 1. The molecule has 0 saturated heterocycles. The summed E-state index contributed by atoms with van der Waals surface area (Å²) >= 11 is 0. The number of nitrogens with zero attached hydrogens (tertiary/aromatic N) is 1. The van der Waals surface area contributed by atoms with Gasteiger partial charge in [0.25, 0.3) is 0 Å². The third-order valence-electron chi connectivity index (χ3n) is 8.76. The van der Waals surface area contributed by atoms with Gasteiger partial charge >= 0.3 is 0 Å². The Bertz CT molecular complexity index is 712. The molecule has 3 saturated carbocycles. The molecule has 0 spiro atoms. The molecule has 1 aromatic rings. The molecule has 0 radical (unpaired) electrons. The van der Waals surface area contributed by atoms with E-state index >= 15 is 0 Å². The number of nitriles is 1. The van der Waals surface area contributed by atoms with Crippen molar-refractivity contribution in [3.8, 4) is 6.07 Å². The lowest BCUT2D eigenvalue weighted by Gasteiger charge is -2.45. The Hall–Kier alpha value is -1.36. The summed E-state index contributed by atoms with van der Waals surface area (Å²) in [5, 5.41) is 8.97. The minimum absolute atomic E-state index is 0.173. The fourth-order valence-corrected chi connectivity index (χ4v) is 6.97. The Labute approximate surface area is 177 Å². The van der Waals surface area contributed by atoms with E-state index in [0.29, 0.717) is 5.92 Å². The number of hydrogen-bond acceptors (Lipinski definition) is 1. The first kappa shape index (κ1) is 20.9. The largest absolute Gasteiger partial charge is 0.206 e.